The van der Waals surface area contributed by atoms with Gasteiger partial charge in [0.1, 0.15) is 0 Å². The predicted octanol–water partition coefficient (Wildman–Crippen LogP) is 4.62. The molecule has 2 heterocycles. The molecule has 2 aromatic carbocycles. The summed E-state index contributed by atoms with van der Waals surface area (Å²) in [6.45, 7) is 3.53. The minimum Gasteiger partial charge on any atom is -0.293 e. The molecule has 5 heteroatoms. The molecular weight excluding hydrogens is 360 g/mol. The molecule has 1 saturated heterocycles. The van der Waals surface area contributed by atoms with Crippen LogP contribution in [0.25, 0.3) is 22.5 Å². The van der Waals surface area contributed by atoms with Gasteiger partial charge in [-0.3, -0.25) is 15.0 Å². The number of carbonyl (C=O) groups excluding carboxylic acids is 1. The lowest BCUT2D eigenvalue weighted by Crippen LogP contribution is -2.42. The molecule has 1 aromatic heterocycles. The molecule has 0 spiro atoms. The molecule has 1 aliphatic rings. The number of rotatable bonds is 5. The highest BCUT2D eigenvalue weighted by atomic mass is 16.2. The van der Waals surface area contributed by atoms with Crippen LogP contribution in [-0.4, -0.2) is 39.9 Å². The number of benzene rings is 2. The van der Waals surface area contributed by atoms with E-state index in [4.69, 9.17) is 0 Å². The van der Waals surface area contributed by atoms with Gasteiger partial charge >= 0.3 is 0 Å². The highest BCUT2D eigenvalue weighted by molar-refractivity contribution is 5.91. The van der Waals surface area contributed by atoms with Crippen LogP contribution in [0.3, 0.4) is 0 Å². The van der Waals surface area contributed by atoms with Crippen LogP contribution in [0.2, 0.25) is 0 Å². The number of likely N-dealkylation sites (tertiary alicyclic amines) is 1. The van der Waals surface area contributed by atoms with Crippen LogP contribution < -0.4 is 5.32 Å². The second-order valence-electron chi connectivity index (χ2n) is 7.56. The summed E-state index contributed by atoms with van der Waals surface area (Å²) in [6, 6.07) is 22.3. The van der Waals surface area contributed by atoms with Crippen molar-refractivity contribution in [2.75, 3.05) is 18.4 Å². The van der Waals surface area contributed by atoms with E-state index in [1.165, 1.54) is 6.42 Å². The van der Waals surface area contributed by atoms with E-state index < -0.39 is 0 Å². The van der Waals surface area contributed by atoms with Gasteiger partial charge in [0.25, 0.3) is 0 Å². The summed E-state index contributed by atoms with van der Waals surface area (Å²) >= 11 is 0. The summed E-state index contributed by atoms with van der Waals surface area (Å²) in [6.07, 6.45) is 3.53. The van der Waals surface area contributed by atoms with E-state index in [1.807, 2.05) is 66.7 Å². The summed E-state index contributed by atoms with van der Waals surface area (Å²) in [5.41, 5.74) is 3.57. The summed E-state index contributed by atoms with van der Waals surface area (Å²) in [7, 11) is 0. The molecule has 4 rings (SSSR count). The number of amides is 1. The zero-order valence-corrected chi connectivity index (χ0v) is 16.7. The normalized spacial score (nSPS) is 17.1. The van der Waals surface area contributed by atoms with E-state index >= 15 is 0 Å². The van der Waals surface area contributed by atoms with Crippen LogP contribution in [0, 0.1) is 0 Å². The lowest BCUT2D eigenvalue weighted by Gasteiger charge is -2.32. The smallest absolute Gasteiger partial charge is 0.240 e. The Morgan fingerprint density at radius 1 is 0.966 bits per heavy atom. The van der Waals surface area contributed by atoms with Gasteiger partial charge in [-0.05, 0) is 32.4 Å². The maximum atomic E-state index is 12.7. The summed E-state index contributed by atoms with van der Waals surface area (Å²) < 4.78 is 0. The maximum Gasteiger partial charge on any atom is 0.240 e. The van der Waals surface area contributed by atoms with Crippen LogP contribution >= 0.6 is 0 Å². The van der Waals surface area contributed by atoms with Crippen molar-refractivity contribution >= 4 is 11.9 Å². The number of aromatic nitrogens is 2. The number of hydrogen-bond acceptors (Lipinski definition) is 4. The van der Waals surface area contributed by atoms with E-state index in [0.29, 0.717) is 18.5 Å². The van der Waals surface area contributed by atoms with Gasteiger partial charge in [0, 0.05) is 17.2 Å². The minimum atomic E-state index is -0.0667. The highest BCUT2D eigenvalue weighted by Crippen LogP contribution is 2.25. The molecule has 0 bridgehead atoms. The van der Waals surface area contributed by atoms with Crippen molar-refractivity contribution < 1.29 is 4.79 Å². The fourth-order valence-electron chi connectivity index (χ4n) is 3.76. The van der Waals surface area contributed by atoms with E-state index in [2.05, 4.69) is 27.1 Å². The van der Waals surface area contributed by atoms with Crippen LogP contribution in [0.15, 0.2) is 66.7 Å². The molecule has 5 nitrogen and oxygen atoms in total. The number of nitrogens with one attached hydrogen (secondary N) is 1. The number of nitrogens with zero attached hydrogens (tertiary/aromatic N) is 3. The first-order valence-electron chi connectivity index (χ1n) is 10.2. The molecule has 29 heavy (non-hydrogen) atoms. The van der Waals surface area contributed by atoms with Gasteiger partial charge in [-0.2, -0.15) is 0 Å². The Morgan fingerprint density at radius 2 is 1.55 bits per heavy atom. The Balaban J connectivity index is 1.61. The van der Waals surface area contributed by atoms with E-state index in [-0.39, 0.29) is 5.91 Å². The van der Waals surface area contributed by atoms with Gasteiger partial charge in [0.15, 0.2) is 0 Å². The Hall–Kier alpha value is -3.05. The minimum absolute atomic E-state index is 0.0667. The van der Waals surface area contributed by atoms with Crippen molar-refractivity contribution in [2.45, 2.75) is 32.2 Å². The third-order valence-electron chi connectivity index (χ3n) is 5.40. The zero-order chi connectivity index (χ0) is 20.1. The van der Waals surface area contributed by atoms with Crippen LogP contribution in [-0.2, 0) is 4.79 Å². The van der Waals surface area contributed by atoms with Crippen LogP contribution in [0.1, 0.15) is 26.2 Å². The molecule has 1 fully saturated rings. The molecule has 1 N–H and O–H groups in total. The number of carbonyl (C=O) groups is 1. The average molecular weight is 386 g/mol. The van der Waals surface area contributed by atoms with E-state index in [1.54, 1.807) is 0 Å². The average Bonchev–Trinajstić information content (AvgIpc) is 2.76. The van der Waals surface area contributed by atoms with Gasteiger partial charge in [0.2, 0.25) is 11.9 Å². The monoisotopic (exact) mass is 386 g/mol. The molecule has 0 saturated carbocycles. The van der Waals surface area contributed by atoms with E-state index in [0.717, 1.165) is 41.9 Å². The molecule has 0 radical (unpaired) electrons. The molecule has 1 amide bonds. The van der Waals surface area contributed by atoms with Gasteiger partial charge < -0.3 is 0 Å². The third kappa shape index (κ3) is 4.87. The molecule has 0 unspecified atom stereocenters. The Kier molecular flexibility index (Phi) is 5.96. The number of hydrogen-bond donors (Lipinski definition) is 1. The SMILES string of the molecule is C[C@@H]1CCCCN1CC(=O)Nc1nc(-c2ccccc2)cc(-c2ccccc2)n1. The van der Waals surface area contributed by atoms with E-state index in [9.17, 15) is 4.79 Å². The molecule has 148 valence electrons. The standard InChI is InChI=1S/C24H26N4O/c1-18-10-8-9-15-28(18)17-23(29)27-24-25-21(19-11-4-2-5-12-19)16-22(26-24)20-13-6-3-7-14-20/h2-7,11-14,16,18H,8-10,15,17H2,1H3,(H,25,26,27,29)/t18-/m1/s1. The Morgan fingerprint density at radius 3 is 2.10 bits per heavy atom. The van der Waals surface area contributed by atoms with Gasteiger partial charge in [-0.1, -0.05) is 67.1 Å². The van der Waals surface area contributed by atoms with Gasteiger partial charge in [-0.15, -0.1) is 0 Å². The van der Waals surface area contributed by atoms with Crippen molar-refractivity contribution in [2.24, 2.45) is 0 Å². The summed E-state index contributed by atoms with van der Waals surface area (Å²) in [5, 5.41) is 2.93. The van der Waals surface area contributed by atoms with Crippen molar-refractivity contribution in [1.82, 2.24) is 14.9 Å². The zero-order valence-electron chi connectivity index (χ0n) is 16.7. The third-order valence-corrected chi connectivity index (χ3v) is 5.40. The lowest BCUT2D eigenvalue weighted by atomic mass is 10.0. The second-order valence-corrected chi connectivity index (χ2v) is 7.56. The Labute approximate surface area is 171 Å². The van der Waals surface area contributed by atoms with Crippen LogP contribution in [0.5, 0.6) is 0 Å². The maximum absolute atomic E-state index is 12.7. The fourth-order valence-corrected chi connectivity index (χ4v) is 3.76. The highest BCUT2D eigenvalue weighted by Gasteiger charge is 2.21. The fraction of sp³-hybridized carbons (Fsp3) is 0.292. The van der Waals surface area contributed by atoms with Gasteiger partial charge in [-0.25, -0.2) is 9.97 Å². The largest absolute Gasteiger partial charge is 0.293 e. The topological polar surface area (TPSA) is 58.1 Å². The number of anilines is 1. The first-order chi connectivity index (χ1) is 14.2. The summed E-state index contributed by atoms with van der Waals surface area (Å²) in [5.74, 6) is 0.280. The van der Waals surface area contributed by atoms with Crippen molar-refractivity contribution in [3.63, 3.8) is 0 Å². The molecule has 1 atom stereocenters. The van der Waals surface area contributed by atoms with Crippen LogP contribution in [0.4, 0.5) is 5.95 Å². The van der Waals surface area contributed by atoms with Crippen molar-refractivity contribution in [3.8, 4) is 22.5 Å². The molecule has 0 aliphatic carbocycles. The first-order valence-corrected chi connectivity index (χ1v) is 10.2. The van der Waals surface area contributed by atoms with Gasteiger partial charge in [0.05, 0.1) is 17.9 Å². The Bertz CT molecular complexity index is 901. The quantitative estimate of drug-likeness (QED) is 0.695. The predicted molar refractivity (Wildman–Crippen MR) is 116 cm³/mol. The number of piperidine rings is 1. The molecule has 3 aromatic rings. The van der Waals surface area contributed by atoms with Crippen molar-refractivity contribution in [3.05, 3.63) is 66.7 Å². The summed E-state index contributed by atoms with van der Waals surface area (Å²) in [4.78, 5) is 24.2. The van der Waals surface area contributed by atoms with Crippen molar-refractivity contribution in [1.29, 1.82) is 0 Å². The second kappa shape index (κ2) is 8.97. The molecule has 1 aliphatic heterocycles. The first kappa shape index (κ1) is 19.3. The lowest BCUT2D eigenvalue weighted by molar-refractivity contribution is -0.118. The molecular formula is C24H26N4O.